The van der Waals surface area contributed by atoms with Crippen molar-refractivity contribution in [3.63, 3.8) is 0 Å². The van der Waals surface area contributed by atoms with E-state index in [0.29, 0.717) is 19.6 Å². The van der Waals surface area contributed by atoms with Crippen LogP contribution in [0, 0.1) is 15.9 Å². The predicted molar refractivity (Wildman–Crippen MR) is 99.9 cm³/mol. The van der Waals surface area contributed by atoms with E-state index in [-0.39, 0.29) is 29.6 Å². The summed E-state index contributed by atoms with van der Waals surface area (Å²) in [5, 5.41) is 22.5. The van der Waals surface area contributed by atoms with Gasteiger partial charge in [0.25, 0.3) is 11.6 Å². The van der Waals surface area contributed by atoms with Crippen molar-refractivity contribution in [1.82, 2.24) is 25.0 Å². The molecule has 2 aliphatic rings. The lowest BCUT2D eigenvalue weighted by molar-refractivity contribution is -0.385. The molecular formula is C17H20ClFN6O3. The molecule has 0 atom stereocenters. The van der Waals surface area contributed by atoms with Crippen LogP contribution in [0.2, 0.25) is 0 Å². The fourth-order valence-corrected chi connectivity index (χ4v) is 3.72. The molecule has 4 rings (SSSR count). The van der Waals surface area contributed by atoms with Crippen LogP contribution in [0.25, 0.3) is 0 Å². The topological polar surface area (TPSA) is 106 Å². The van der Waals surface area contributed by atoms with E-state index in [0.717, 1.165) is 49.7 Å². The molecule has 0 spiro atoms. The highest BCUT2D eigenvalue weighted by molar-refractivity contribution is 5.94. The van der Waals surface area contributed by atoms with E-state index in [1.165, 1.54) is 6.07 Å². The maximum Gasteiger partial charge on any atom is 0.272 e. The van der Waals surface area contributed by atoms with E-state index in [1.807, 2.05) is 0 Å². The molecule has 1 fully saturated rings. The number of carbonyl (C=O) groups excluding carboxylic acids is 1. The number of nitrogens with one attached hydrogen (secondary N) is 1. The van der Waals surface area contributed by atoms with Gasteiger partial charge in [0.15, 0.2) is 0 Å². The Kier molecular flexibility index (Phi) is 5.90. The third-order valence-electron chi connectivity index (χ3n) is 5.19. The summed E-state index contributed by atoms with van der Waals surface area (Å²) in [7, 11) is 0. The maximum atomic E-state index is 14.1. The molecule has 1 N–H and O–H groups in total. The Morgan fingerprint density at radius 2 is 2.00 bits per heavy atom. The van der Waals surface area contributed by atoms with Crippen LogP contribution in [0.1, 0.15) is 40.8 Å². The minimum absolute atomic E-state index is 0. The number of benzene rings is 1. The number of fused-ring (bicyclic) bond motifs is 1. The third-order valence-corrected chi connectivity index (χ3v) is 5.19. The Morgan fingerprint density at radius 3 is 2.68 bits per heavy atom. The van der Waals surface area contributed by atoms with E-state index in [2.05, 4.69) is 20.1 Å². The zero-order valence-electron chi connectivity index (χ0n) is 15.0. The fourth-order valence-electron chi connectivity index (χ4n) is 3.72. The Morgan fingerprint density at radius 1 is 1.25 bits per heavy atom. The first-order chi connectivity index (χ1) is 13.0. The van der Waals surface area contributed by atoms with E-state index < -0.39 is 16.6 Å². The van der Waals surface area contributed by atoms with Crippen LogP contribution in [0.3, 0.4) is 0 Å². The van der Waals surface area contributed by atoms with Gasteiger partial charge in [0, 0.05) is 38.2 Å². The minimum atomic E-state index is -0.865. The van der Waals surface area contributed by atoms with Gasteiger partial charge in [0.05, 0.1) is 23.1 Å². The molecule has 3 heterocycles. The second kappa shape index (κ2) is 8.19. The first-order valence-corrected chi connectivity index (χ1v) is 8.90. The normalized spacial score (nSPS) is 17.0. The first-order valence-electron chi connectivity index (χ1n) is 8.90. The summed E-state index contributed by atoms with van der Waals surface area (Å²) in [6, 6.07) is 3.12. The largest absolute Gasteiger partial charge is 0.339 e. The molecule has 1 aromatic carbocycles. The lowest BCUT2D eigenvalue weighted by atomic mass is 9.95. The van der Waals surface area contributed by atoms with Crippen LogP contribution in [0.15, 0.2) is 18.2 Å². The number of piperidine rings is 1. The minimum Gasteiger partial charge on any atom is -0.339 e. The van der Waals surface area contributed by atoms with Crippen molar-refractivity contribution in [2.45, 2.75) is 31.8 Å². The zero-order valence-corrected chi connectivity index (χ0v) is 15.8. The summed E-state index contributed by atoms with van der Waals surface area (Å²) in [4.78, 5) is 24.2. The van der Waals surface area contributed by atoms with Crippen LogP contribution < -0.4 is 5.32 Å². The van der Waals surface area contributed by atoms with Gasteiger partial charge in [-0.25, -0.2) is 4.39 Å². The van der Waals surface area contributed by atoms with Gasteiger partial charge in [-0.1, -0.05) is 0 Å². The van der Waals surface area contributed by atoms with Crippen LogP contribution in [-0.2, 0) is 13.1 Å². The van der Waals surface area contributed by atoms with Crippen molar-refractivity contribution in [2.24, 2.45) is 0 Å². The summed E-state index contributed by atoms with van der Waals surface area (Å²) < 4.78 is 16.3. The number of carbonyl (C=O) groups is 1. The lowest BCUT2D eigenvalue weighted by Gasteiger charge is -2.32. The molecular weight excluding hydrogens is 391 g/mol. The van der Waals surface area contributed by atoms with E-state index in [1.54, 1.807) is 4.90 Å². The number of halogens is 2. The number of nitro benzene ring substituents is 1. The second-order valence-corrected chi connectivity index (χ2v) is 6.79. The lowest BCUT2D eigenvalue weighted by Crippen LogP contribution is -2.39. The van der Waals surface area contributed by atoms with Gasteiger partial charge < -0.3 is 14.8 Å². The Bertz CT molecular complexity index is 897. The van der Waals surface area contributed by atoms with Crippen molar-refractivity contribution < 1.29 is 14.1 Å². The molecule has 2 aliphatic heterocycles. The van der Waals surface area contributed by atoms with Crippen molar-refractivity contribution in [2.75, 3.05) is 19.6 Å². The summed E-state index contributed by atoms with van der Waals surface area (Å²) in [5.41, 5.74) is -0.501. The SMILES string of the molecule is Cl.O=C(c1ccc([N+](=O)[O-])cc1F)N1CCC(c2nnc3n2CCNC3)CC1. The molecule has 1 aromatic heterocycles. The van der Waals surface area contributed by atoms with Gasteiger partial charge >= 0.3 is 0 Å². The number of amides is 1. The van der Waals surface area contributed by atoms with E-state index in [9.17, 15) is 19.3 Å². The molecule has 1 amide bonds. The van der Waals surface area contributed by atoms with E-state index >= 15 is 0 Å². The van der Waals surface area contributed by atoms with Crippen molar-refractivity contribution >= 4 is 24.0 Å². The zero-order chi connectivity index (χ0) is 19.0. The van der Waals surface area contributed by atoms with Crippen LogP contribution in [0.5, 0.6) is 0 Å². The standard InChI is InChI=1S/C17H19FN6O3.ClH/c18-14-9-12(24(26)27)1-2-13(14)17(25)22-6-3-11(4-7-22)16-21-20-15-10-19-5-8-23(15)16;/h1-2,9,11,19H,3-8,10H2;1H. The van der Waals surface area contributed by atoms with Crippen LogP contribution >= 0.6 is 12.4 Å². The Hall–Kier alpha value is -2.59. The fraction of sp³-hybridized carbons (Fsp3) is 0.471. The number of rotatable bonds is 3. The molecule has 0 radical (unpaired) electrons. The smallest absolute Gasteiger partial charge is 0.272 e. The Labute approximate surface area is 166 Å². The highest BCUT2D eigenvalue weighted by Crippen LogP contribution is 2.29. The van der Waals surface area contributed by atoms with Crippen molar-refractivity contribution in [1.29, 1.82) is 0 Å². The molecule has 0 bridgehead atoms. The Balaban J connectivity index is 0.00000225. The highest BCUT2D eigenvalue weighted by atomic mass is 35.5. The van der Waals surface area contributed by atoms with Crippen molar-refractivity contribution in [3.05, 3.63) is 51.3 Å². The molecule has 9 nitrogen and oxygen atoms in total. The number of non-ortho nitro benzene ring substituents is 1. The van der Waals surface area contributed by atoms with E-state index in [4.69, 9.17) is 0 Å². The summed E-state index contributed by atoms with van der Waals surface area (Å²) in [6.07, 6.45) is 1.46. The van der Waals surface area contributed by atoms with Gasteiger partial charge in [-0.15, -0.1) is 22.6 Å². The highest BCUT2D eigenvalue weighted by Gasteiger charge is 2.30. The molecule has 0 saturated carbocycles. The number of nitrogens with zero attached hydrogens (tertiary/aromatic N) is 5. The quantitative estimate of drug-likeness (QED) is 0.611. The summed E-state index contributed by atoms with van der Waals surface area (Å²) >= 11 is 0. The number of nitro groups is 1. The van der Waals surface area contributed by atoms with Crippen LogP contribution in [-0.4, -0.2) is 50.1 Å². The average molecular weight is 411 g/mol. The summed E-state index contributed by atoms with van der Waals surface area (Å²) in [5.74, 6) is 0.807. The first kappa shape index (κ1) is 20.2. The molecule has 28 heavy (non-hydrogen) atoms. The van der Waals surface area contributed by atoms with Gasteiger partial charge in [-0.2, -0.15) is 0 Å². The number of hydrogen-bond acceptors (Lipinski definition) is 6. The number of aromatic nitrogens is 3. The molecule has 2 aromatic rings. The molecule has 11 heteroatoms. The van der Waals surface area contributed by atoms with Crippen molar-refractivity contribution in [3.8, 4) is 0 Å². The predicted octanol–water partition coefficient (Wildman–Crippen LogP) is 1.87. The molecule has 0 aliphatic carbocycles. The van der Waals surface area contributed by atoms with Gasteiger partial charge in [-0.05, 0) is 18.9 Å². The third kappa shape index (κ3) is 3.69. The van der Waals surface area contributed by atoms with Gasteiger partial charge in [0.2, 0.25) is 0 Å². The molecule has 0 unspecified atom stereocenters. The van der Waals surface area contributed by atoms with Gasteiger partial charge in [0.1, 0.15) is 17.5 Å². The maximum absolute atomic E-state index is 14.1. The second-order valence-electron chi connectivity index (χ2n) is 6.79. The number of hydrogen-bond donors (Lipinski definition) is 1. The van der Waals surface area contributed by atoms with Gasteiger partial charge in [-0.3, -0.25) is 14.9 Å². The average Bonchev–Trinajstić information content (AvgIpc) is 3.11. The monoisotopic (exact) mass is 410 g/mol. The number of likely N-dealkylation sites (tertiary alicyclic amines) is 1. The molecule has 150 valence electrons. The van der Waals surface area contributed by atoms with Crippen LogP contribution in [0.4, 0.5) is 10.1 Å². The summed E-state index contributed by atoms with van der Waals surface area (Å²) in [6.45, 7) is 3.41. The molecule has 1 saturated heterocycles.